The van der Waals surface area contributed by atoms with E-state index < -0.39 is 0 Å². The summed E-state index contributed by atoms with van der Waals surface area (Å²) in [6.07, 6.45) is -0.324. The zero-order chi connectivity index (χ0) is 39.2. The van der Waals surface area contributed by atoms with Crippen molar-refractivity contribution in [2.24, 2.45) is 9.98 Å². The molecule has 0 bridgehead atoms. The molecular weight excluding hydrogens is 721 g/mol. The van der Waals surface area contributed by atoms with Crippen LogP contribution in [0.1, 0.15) is 47.8 Å². The number of nitrogens with zero attached hydrogens (tertiary/aromatic N) is 3. The quantitative estimate of drug-likeness (QED) is 0.190. The third-order valence-electron chi connectivity index (χ3n) is 12.5. The van der Waals surface area contributed by atoms with Crippen molar-refractivity contribution in [3.63, 3.8) is 0 Å². The van der Waals surface area contributed by atoms with Crippen LogP contribution in [0.3, 0.4) is 0 Å². The topological polar surface area (TPSA) is 54.8 Å². The van der Waals surface area contributed by atoms with Crippen LogP contribution in [0.4, 0.5) is 0 Å². The minimum Gasteiger partial charge on any atom is -0.456 e. The molecule has 0 radical (unpaired) electrons. The number of amidine groups is 2. The van der Waals surface area contributed by atoms with Gasteiger partial charge < -0.3 is 14.3 Å². The Morgan fingerprint density at radius 3 is 2.07 bits per heavy atom. The molecule has 2 aromatic heterocycles. The average molecular weight is 759 g/mol. The van der Waals surface area contributed by atoms with Crippen LogP contribution < -0.4 is 5.32 Å². The van der Waals surface area contributed by atoms with Crippen molar-refractivity contribution in [1.29, 1.82) is 0 Å². The number of rotatable bonds is 5. The number of aliphatic imine (C=N–C) groups is 2. The maximum atomic E-state index is 6.74. The Kier molecular flexibility index (Phi) is 7.27. The van der Waals surface area contributed by atoms with Crippen LogP contribution in [0.25, 0.3) is 71.7 Å². The van der Waals surface area contributed by atoms with Gasteiger partial charge in [0.05, 0.1) is 22.1 Å². The van der Waals surface area contributed by atoms with Gasteiger partial charge in [-0.05, 0) is 81.4 Å². The summed E-state index contributed by atoms with van der Waals surface area (Å²) < 4.78 is 9.18. The summed E-state index contributed by atoms with van der Waals surface area (Å²) in [7, 11) is 0. The normalized spacial score (nSPS) is 15.6. The number of fused-ring (bicyclic) bond motifs is 9. The fraction of sp³-hybridized carbons (Fsp3) is 0.0741. The van der Waals surface area contributed by atoms with E-state index in [2.05, 4.69) is 181 Å². The maximum absolute atomic E-state index is 6.74. The number of nitrogens with one attached hydrogen (secondary N) is 1. The predicted molar refractivity (Wildman–Crippen MR) is 243 cm³/mol. The summed E-state index contributed by atoms with van der Waals surface area (Å²) in [4.78, 5) is 10.3. The second-order valence-electron chi connectivity index (χ2n) is 16.2. The zero-order valence-electron chi connectivity index (χ0n) is 32.6. The molecule has 0 spiro atoms. The van der Waals surface area contributed by atoms with Crippen molar-refractivity contribution in [1.82, 2.24) is 9.88 Å². The molecule has 10 aromatic rings. The molecule has 280 valence electrons. The van der Waals surface area contributed by atoms with Crippen LogP contribution in [0, 0.1) is 0 Å². The Bertz CT molecular complexity index is 3370. The van der Waals surface area contributed by atoms with Gasteiger partial charge in [-0.3, -0.25) is 0 Å². The monoisotopic (exact) mass is 758 g/mol. The molecule has 1 aliphatic carbocycles. The van der Waals surface area contributed by atoms with E-state index in [-0.39, 0.29) is 11.6 Å². The lowest BCUT2D eigenvalue weighted by Crippen LogP contribution is -2.33. The van der Waals surface area contributed by atoms with E-state index in [0.29, 0.717) is 5.84 Å². The van der Waals surface area contributed by atoms with Gasteiger partial charge in [0.2, 0.25) is 0 Å². The van der Waals surface area contributed by atoms with Gasteiger partial charge in [-0.15, -0.1) is 0 Å². The van der Waals surface area contributed by atoms with Crippen molar-refractivity contribution >= 4 is 55.4 Å². The van der Waals surface area contributed by atoms with Crippen LogP contribution in [0.15, 0.2) is 196 Å². The Balaban J connectivity index is 1.00. The molecule has 1 unspecified atom stereocenters. The van der Waals surface area contributed by atoms with Crippen molar-refractivity contribution in [3.8, 4) is 27.9 Å². The van der Waals surface area contributed by atoms with E-state index in [1.165, 1.54) is 55.2 Å². The highest BCUT2D eigenvalue weighted by molar-refractivity contribution is 6.18. The van der Waals surface area contributed by atoms with Gasteiger partial charge in [0.15, 0.2) is 5.84 Å². The molecule has 1 atom stereocenters. The molecular formula is C54H38N4O. The van der Waals surface area contributed by atoms with E-state index in [1.807, 2.05) is 24.3 Å². The molecule has 2 aliphatic rings. The largest absolute Gasteiger partial charge is 0.456 e. The standard InChI is InChI=1S/C54H38N4O/c1-54(2)43-20-11-9-18-38(43)41-32-47-42(31-44(41)54)39-19-10-12-21-45(39)58(47)46-22-13-23-48-50(46)40-29-28-37(30-49(40)59-48)53-56-51(35-16-7-4-8-17-35)55-52(57-53)36-26-24-34(25-27-36)33-14-5-3-6-15-33/h3-32,52H,1-2H3,(H,55,56,57). The lowest BCUT2D eigenvalue weighted by molar-refractivity contribution is 0.661. The molecule has 1 aliphatic heterocycles. The molecule has 0 saturated heterocycles. The van der Waals surface area contributed by atoms with E-state index in [4.69, 9.17) is 14.4 Å². The van der Waals surface area contributed by atoms with E-state index in [9.17, 15) is 0 Å². The molecule has 0 saturated carbocycles. The van der Waals surface area contributed by atoms with Gasteiger partial charge in [-0.25, -0.2) is 9.98 Å². The Morgan fingerprint density at radius 2 is 1.24 bits per heavy atom. The first-order valence-electron chi connectivity index (χ1n) is 20.3. The predicted octanol–water partition coefficient (Wildman–Crippen LogP) is 13.2. The number of benzene rings is 8. The van der Waals surface area contributed by atoms with Gasteiger partial charge in [-0.2, -0.15) is 0 Å². The van der Waals surface area contributed by atoms with E-state index in [0.717, 1.165) is 50.2 Å². The summed E-state index contributed by atoms with van der Waals surface area (Å²) in [5, 5.41) is 8.24. The number of hydrogen-bond acceptors (Lipinski definition) is 4. The highest BCUT2D eigenvalue weighted by atomic mass is 16.3. The second-order valence-corrected chi connectivity index (χ2v) is 16.2. The molecule has 0 amide bonds. The van der Waals surface area contributed by atoms with Crippen LogP contribution in [0.5, 0.6) is 0 Å². The first kappa shape index (κ1) is 33.6. The summed E-state index contributed by atoms with van der Waals surface area (Å²) in [5.41, 5.74) is 15.7. The minimum atomic E-state index is -0.324. The molecule has 8 aromatic carbocycles. The first-order chi connectivity index (χ1) is 29.0. The molecule has 5 nitrogen and oxygen atoms in total. The van der Waals surface area contributed by atoms with Gasteiger partial charge in [0.1, 0.15) is 23.2 Å². The van der Waals surface area contributed by atoms with Gasteiger partial charge in [0, 0.05) is 32.7 Å². The fourth-order valence-electron chi connectivity index (χ4n) is 9.54. The van der Waals surface area contributed by atoms with Gasteiger partial charge in [0.25, 0.3) is 0 Å². The highest BCUT2D eigenvalue weighted by Crippen LogP contribution is 2.51. The Labute approximate surface area is 341 Å². The second kappa shape index (κ2) is 12.8. The van der Waals surface area contributed by atoms with Crippen molar-refractivity contribution in [2.75, 3.05) is 0 Å². The fourth-order valence-corrected chi connectivity index (χ4v) is 9.54. The van der Waals surface area contributed by atoms with Crippen LogP contribution in [-0.4, -0.2) is 16.2 Å². The lowest BCUT2D eigenvalue weighted by Gasteiger charge is -2.24. The summed E-state index contributed by atoms with van der Waals surface area (Å²) in [5.74, 6) is 1.44. The van der Waals surface area contributed by atoms with Crippen molar-refractivity contribution < 1.29 is 4.42 Å². The lowest BCUT2D eigenvalue weighted by atomic mass is 9.82. The van der Waals surface area contributed by atoms with E-state index >= 15 is 0 Å². The SMILES string of the molecule is CC1(C)c2ccccc2-c2cc3c(cc21)c1ccccc1n3-c1cccc2oc3cc(C4=NC(c5ccc(-c6ccccc6)cc5)NC(c5ccccc5)=N4)ccc3c12. The third kappa shape index (κ3) is 5.18. The van der Waals surface area contributed by atoms with Crippen LogP contribution in [-0.2, 0) is 5.41 Å². The molecule has 12 rings (SSSR count). The summed E-state index contributed by atoms with van der Waals surface area (Å²) in [6.45, 7) is 4.70. The maximum Gasteiger partial charge on any atom is 0.159 e. The Hall–Kier alpha value is -7.50. The highest BCUT2D eigenvalue weighted by Gasteiger charge is 2.36. The van der Waals surface area contributed by atoms with E-state index in [1.54, 1.807) is 0 Å². The number of aromatic nitrogens is 1. The molecule has 0 fully saturated rings. The Morgan fingerprint density at radius 1 is 0.525 bits per heavy atom. The van der Waals surface area contributed by atoms with Crippen LogP contribution in [0.2, 0.25) is 0 Å². The minimum absolute atomic E-state index is 0.0839. The number of furan rings is 1. The zero-order valence-corrected chi connectivity index (χ0v) is 32.6. The summed E-state index contributed by atoms with van der Waals surface area (Å²) in [6, 6.07) is 64.7. The van der Waals surface area contributed by atoms with Crippen LogP contribution >= 0.6 is 0 Å². The first-order valence-corrected chi connectivity index (χ1v) is 20.3. The van der Waals surface area contributed by atoms with Gasteiger partial charge in [-0.1, -0.05) is 153 Å². The number of hydrogen-bond donors (Lipinski definition) is 1. The van der Waals surface area contributed by atoms with Gasteiger partial charge >= 0.3 is 0 Å². The smallest absolute Gasteiger partial charge is 0.159 e. The molecule has 3 heterocycles. The molecule has 59 heavy (non-hydrogen) atoms. The van der Waals surface area contributed by atoms with Crippen molar-refractivity contribution in [2.45, 2.75) is 25.4 Å². The number of para-hydroxylation sites is 1. The third-order valence-corrected chi connectivity index (χ3v) is 12.5. The molecule has 5 heteroatoms. The average Bonchev–Trinajstić information content (AvgIpc) is 3.91. The molecule has 1 N–H and O–H groups in total. The van der Waals surface area contributed by atoms with Crippen molar-refractivity contribution in [3.05, 3.63) is 210 Å². The summed E-state index contributed by atoms with van der Waals surface area (Å²) >= 11 is 0.